The summed E-state index contributed by atoms with van der Waals surface area (Å²) in [6.45, 7) is 0.247. The molecule has 1 unspecified atom stereocenters. The molecule has 1 fully saturated rings. The van der Waals surface area contributed by atoms with E-state index in [-0.39, 0.29) is 24.4 Å². The van der Waals surface area contributed by atoms with Crippen LogP contribution in [-0.4, -0.2) is 48.3 Å². The van der Waals surface area contributed by atoms with Gasteiger partial charge in [0, 0.05) is 18.2 Å². The summed E-state index contributed by atoms with van der Waals surface area (Å²) in [7, 11) is -3.41. The van der Waals surface area contributed by atoms with Crippen LogP contribution in [0, 0.1) is 0 Å². The van der Waals surface area contributed by atoms with Gasteiger partial charge in [-0.3, -0.25) is 14.2 Å². The third-order valence-corrected chi connectivity index (χ3v) is 5.51. The van der Waals surface area contributed by atoms with Crippen LogP contribution in [0.5, 0.6) is 0 Å². The molecule has 2 N–H and O–H groups in total. The molecule has 0 bridgehead atoms. The van der Waals surface area contributed by atoms with Gasteiger partial charge in [-0.2, -0.15) is 5.10 Å². The first-order valence-corrected chi connectivity index (χ1v) is 9.56. The van der Waals surface area contributed by atoms with Gasteiger partial charge in [0.2, 0.25) is 10.0 Å². The van der Waals surface area contributed by atoms with Crippen molar-refractivity contribution in [2.24, 2.45) is 0 Å². The van der Waals surface area contributed by atoms with Gasteiger partial charge in [0.25, 0.3) is 5.91 Å². The molecule has 9 heteroatoms. The second-order valence-electron chi connectivity index (χ2n) is 6.24. The van der Waals surface area contributed by atoms with E-state index in [2.05, 4.69) is 20.5 Å². The number of carbonyl (C=O) groups is 1. The number of anilines is 1. The topological polar surface area (TPSA) is 108 Å². The van der Waals surface area contributed by atoms with Crippen molar-refractivity contribution in [3.63, 3.8) is 0 Å². The number of H-pyrrole nitrogens is 1. The minimum Gasteiger partial charge on any atom is -0.349 e. The Bertz CT molecular complexity index is 890. The van der Waals surface area contributed by atoms with Crippen molar-refractivity contribution in [2.45, 2.75) is 24.8 Å². The largest absolute Gasteiger partial charge is 0.349 e. The smallest absolute Gasteiger partial charge is 0.251 e. The van der Waals surface area contributed by atoms with Crippen molar-refractivity contribution in [3.05, 3.63) is 41.5 Å². The first-order valence-electron chi connectivity index (χ1n) is 7.71. The average molecular weight is 347 g/mol. The number of amides is 1. The minimum atomic E-state index is -3.41. The molecule has 24 heavy (non-hydrogen) atoms. The standard InChI is InChI=1S/C15H17N5O3S/c1-24(22,23)20-7-12(14-16-8-17-19-14)11-6-9(2-5-13(11)20)15(21)18-10-3-4-10/h2,5-6,8,10,12H,3-4,7H2,1H3,(H,18,21)(H,16,17,19). The molecule has 2 aliphatic rings. The second kappa shape index (κ2) is 5.30. The molecule has 126 valence electrons. The highest BCUT2D eigenvalue weighted by Gasteiger charge is 2.36. The zero-order valence-corrected chi connectivity index (χ0v) is 13.9. The number of hydrogen-bond acceptors (Lipinski definition) is 5. The number of aromatic amines is 1. The van der Waals surface area contributed by atoms with Gasteiger partial charge in [-0.05, 0) is 36.6 Å². The number of hydrogen-bond donors (Lipinski definition) is 2. The van der Waals surface area contributed by atoms with Gasteiger partial charge < -0.3 is 5.32 Å². The maximum absolute atomic E-state index is 12.3. The van der Waals surface area contributed by atoms with Crippen LogP contribution in [0.3, 0.4) is 0 Å². The lowest BCUT2D eigenvalue weighted by Crippen LogP contribution is -2.29. The van der Waals surface area contributed by atoms with Crippen LogP contribution in [0.25, 0.3) is 0 Å². The molecular weight excluding hydrogens is 330 g/mol. The predicted molar refractivity (Wildman–Crippen MR) is 87.3 cm³/mol. The number of rotatable bonds is 4. The number of aromatic nitrogens is 3. The van der Waals surface area contributed by atoms with Crippen molar-refractivity contribution >= 4 is 21.6 Å². The molecule has 0 spiro atoms. The molecular formula is C15H17N5O3S. The van der Waals surface area contributed by atoms with Gasteiger partial charge in [0.05, 0.1) is 17.9 Å². The van der Waals surface area contributed by atoms with E-state index in [1.807, 2.05) is 0 Å². The Morgan fingerprint density at radius 2 is 2.17 bits per heavy atom. The predicted octanol–water partition coefficient (Wildman–Crippen LogP) is 0.608. The molecule has 1 aliphatic heterocycles. The summed E-state index contributed by atoms with van der Waals surface area (Å²) < 4.78 is 25.5. The van der Waals surface area contributed by atoms with Crippen molar-refractivity contribution in [2.75, 3.05) is 17.1 Å². The summed E-state index contributed by atoms with van der Waals surface area (Å²) in [4.78, 5) is 16.4. The number of carbonyl (C=O) groups excluding carboxylic acids is 1. The van der Waals surface area contributed by atoms with Crippen molar-refractivity contribution < 1.29 is 13.2 Å². The van der Waals surface area contributed by atoms with E-state index < -0.39 is 10.0 Å². The van der Waals surface area contributed by atoms with Gasteiger partial charge in [-0.25, -0.2) is 13.4 Å². The van der Waals surface area contributed by atoms with Gasteiger partial charge in [-0.1, -0.05) is 0 Å². The molecule has 4 rings (SSSR count). The van der Waals surface area contributed by atoms with Crippen molar-refractivity contribution in [3.8, 4) is 0 Å². The lowest BCUT2D eigenvalue weighted by Gasteiger charge is -2.16. The number of nitrogens with one attached hydrogen (secondary N) is 2. The normalized spacial score (nSPS) is 20.0. The first-order chi connectivity index (χ1) is 11.4. The van der Waals surface area contributed by atoms with Crippen LogP contribution in [0.1, 0.15) is 40.5 Å². The highest BCUT2D eigenvalue weighted by Crippen LogP contribution is 2.40. The molecule has 1 aromatic heterocycles. The fraction of sp³-hybridized carbons (Fsp3) is 0.400. The van der Waals surface area contributed by atoms with Crippen LogP contribution in [0.4, 0.5) is 5.69 Å². The molecule has 1 aliphatic carbocycles. The summed E-state index contributed by atoms with van der Waals surface area (Å²) in [6.07, 6.45) is 4.59. The number of benzene rings is 1. The van der Waals surface area contributed by atoms with E-state index in [4.69, 9.17) is 0 Å². The average Bonchev–Trinajstić information content (AvgIpc) is 3.04. The molecule has 1 amide bonds. The van der Waals surface area contributed by atoms with Crippen LogP contribution < -0.4 is 9.62 Å². The molecule has 0 radical (unpaired) electrons. The van der Waals surface area contributed by atoms with E-state index in [1.165, 1.54) is 16.9 Å². The maximum atomic E-state index is 12.3. The monoisotopic (exact) mass is 347 g/mol. The van der Waals surface area contributed by atoms with E-state index in [1.54, 1.807) is 18.2 Å². The van der Waals surface area contributed by atoms with E-state index >= 15 is 0 Å². The van der Waals surface area contributed by atoms with Gasteiger partial charge in [-0.15, -0.1) is 0 Å². The summed E-state index contributed by atoms with van der Waals surface area (Å²) in [6, 6.07) is 5.38. The number of nitrogens with zero attached hydrogens (tertiary/aromatic N) is 3. The zero-order valence-electron chi connectivity index (χ0n) is 13.1. The lowest BCUT2D eigenvalue weighted by atomic mass is 9.98. The summed E-state index contributed by atoms with van der Waals surface area (Å²) in [5.41, 5.74) is 1.88. The van der Waals surface area contributed by atoms with Crippen LogP contribution in [0.2, 0.25) is 0 Å². The van der Waals surface area contributed by atoms with E-state index in [9.17, 15) is 13.2 Å². The molecule has 1 atom stereocenters. The summed E-state index contributed by atoms with van der Waals surface area (Å²) in [5.74, 6) is 0.183. The SMILES string of the molecule is CS(=O)(=O)N1CC(c2ncn[nH]2)c2cc(C(=O)NC3CC3)ccc21. The Balaban J connectivity index is 1.75. The van der Waals surface area contributed by atoms with Crippen LogP contribution in [-0.2, 0) is 10.0 Å². The van der Waals surface area contributed by atoms with Crippen LogP contribution in [0.15, 0.2) is 24.5 Å². The highest BCUT2D eigenvalue weighted by molar-refractivity contribution is 7.92. The van der Waals surface area contributed by atoms with E-state index in [0.717, 1.165) is 18.4 Å². The summed E-state index contributed by atoms with van der Waals surface area (Å²) in [5, 5.41) is 9.59. The Kier molecular flexibility index (Phi) is 3.34. The maximum Gasteiger partial charge on any atom is 0.251 e. The molecule has 1 saturated carbocycles. The fourth-order valence-corrected chi connectivity index (χ4v) is 3.93. The Morgan fingerprint density at radius 1 is 1.38 bits per heavy atom. The molecule has 2 heterocycles. The Morgan fingerprint density at radius 3 is 2.79 bits per heavy atom. The van der Waals surface area contributed by atoms with E-state index in [0.29, 0.717) is 17.1 Å². The van der Waals surface area contributed by atoms with Crippen molar-refractivity contribution in [1.29, 1.82) is 0 Å². The highest BCUT2D eigenvalue weighted by atomic mass is 32.2. The lowest BCUT2D eigenvalue weighted by molar-refractivity contribution is 0.0951. The molecule has 8 nitrogen and oxygen atoms in total. The summed E-state index contributed by atoms with van der Waals surface area (Å²) >= 11 is 0. The zero-order chi connectivity index (χ0) is 16.9. The third kappa shape index (κ3) is 2.64. The molecule has 2 aromatic rings. The van der Waals surface area contributed by atoms with Crippen LogP contribution >= 0.6 is 0 Å². The quantitative estimate of drug-likeness (QED) is 0.842. The second-order valence-corrected chi connectivity index (χ2v) is 8.15. The number of fused-ring (bicyclic) bond motifs is 1. The minimum absolute atomic E-state index is 0.130. The van der Waals surface area contributed by atoms with Crippen molar-refractivity contribution in [1.82, 2.24) is 20.5 Å². The molecule has 1 aromatic carbocycles. The molecule has 0 saturated heterocycles. The van der Waals surface area contributed by atoms with Gasteiger partial charge in [0.1, 0.15) is 12.2 Å². The third-order valence-electron chi connectivity index (χ3n) is 4.36. The first kappa shape index (κ1) is 15.1. The number of sulfonamides is 1. The van der Waals surface area contributed by atoms with Gasteiger partial charge >= 0.3 is 0 Å². The Labute approximate surface area is 139 Å². The Hall–Kier alpha value is -2.42. The fourth-order valence-electron chi connectivity index (χ4n) is 2.99. The van der Waals surface area contributed by atoms with Gasteiger partial charge in [0.15, 0.2) is 0 Å².